The topological polar surface area (TPSA) is 81.9 Å². The highest BCUT2D eigenvalue weighted by Crippen LogP contribution is 2.33. The second-order valence-corrected chi connectivity index (χ2v) is 10.9. The van der Waals surface area contributed by atoms with E-state index in [0.717, 1.165) is 42.0 Å². The summed E-state index contributed by atoms with van der Waals surface area (Å²) in [5.41, 5.74) is 5.04. The first kappa shape index (κ1) is 26.0. The van der Waals surface area contributed by atoms with E-state index in [0.29, 0.717) is 25.5 Å². The predicted molar refractivity (Wildman–Crippen MR) is 149 cm³/mol. The normalized spacial score (nSPS) is 20.0. The molecule has 3 heterocycles. The molecule has 0 aliphatic carbocycles. The lowest BCUT2D eigenvalue weighted by atomic mass is 9.98. The second kappa shape index (κ2) is 10.6. The van der Waals surface area contributed by atoms with Crippen molar-refractivity contribution < 1.29 is 9.90 Å². The Morgan fingerprint density at radius 2 is 1.74 bits per heavy atom. The molecule has 1 fully saturated rings. The highest BCUT2D eigenvalue weighted by atomic mass is 16.4. The quantitative estimate of drug-likeness (QED) is 0.539. The summed E-state index contributed by atoms with van der Waals surface area (Å²) in [4.78, 5) is 36.3. The highest BCUT2D eigenvalue weighted by Gasteiger charge is 2.36. The lowest BCUT2D eigenvalue weighted by molar-refractivity contribution is 0.114. The molecule has 2 aliphatic heterocycles. The zero-order valence-corrected chi connectivity index (χ0v) is 22.7. The van der Waals surface area contributed by atoms with Gasteiger partial charge in [-0.15, -0.1) is 0 Å². The van der Waals surface area contributed by atoms with Crippen molar-refractivity contribution in [2.45, 2.75) is 65.2 Å². The molecule has 8 nitrogen and oxygen atoms in total. The molecule has 2 unspecified atom stereocenters. The minimum atomic E-state index is -0.906. The number of carbonyl (C=O) groups is 1. The van der Waals surface area contributed by atoms with Crippen LogP contribution in [0.3, 0.4) is 0 Å². The van der Waals surface area contributed by atoms with Gasteiger partial charge in [0.05, 0.1) is 5.69 Å². The van der Waals surface area contributed by atoms with E-state index in [2.05, 4.69) is 54.0 Å². The molecule has 38 heavy (non-hydrogen) atoms. The van der Waals surface area contributed by atoms with E-state index in [1.165, 1.54) is 10.5 Å². The van der Waals surface area contributed by atoms with Gasteiger partial charge in [-0.1, -0.05) is 62.4 Å². The first-order valence-electron chi connectivity index (χ1n) is 13.5. The Balaban J connectivity index is 1.62. The van der Waals surface area contributed by atoms with Crippen molar-refractivity contribution in [3.8, 4) is 5.69 Å². The zero-order valence-electron chi connectivity index (χ0n) is 22.7. The highest BCUT2D eigenvalue weighted by molar-refractivity contribution is 5.66. The summed E-state index contributed by atoms with van der Waals surface area (Å²) in [5, 5.41) is 9.64. The van der Waals surface area contributed by atoms with Crippen LogP contribution in [0, 0.1) is 0 Å². The van der Waals surface area contributed by atoms with Gasteiger partial charge in [0.2, 0.25) is 0 Å². The largest absolute Gasteiger partial charge is 0.465 e. The number of fused-ring (bicyclic) bond motifs is 1. The third-order valence-electron chi connectivity index (χ3n) is 7.88. The molecule has 1 aromatic heterocycles. The summed E-state index contributed by atoms with van der Waals surface area (Å²) in [6, 6.07) is 18.3. The maximum absolute atomic E-state index is 13.9. The molecule has 1 saturated heterocycles. The van der Waals surface area contributed by atoms with Crippen LogP contribution < -0.4 is 10.6 Å². The van der Waals surface area contributed by atoms with Crippen LogP contribution in [0.5, 0.6) is 0 Å². The molecule has 5 rings (SSSR count). The summed E-state index contributed by atoms with van der Waals surface area (Å²) in [7, 11) is 0. The summed E-state index contributed by atoms with van der Waals surface area (Å²) >= 11 is 0. The van der Waals surface area contributed by atoms with E-state index in [9.17, 15) is 14.7 Å². The molecule has 0 spiro atoms. The number of hydrogen-bond acceptors (Lipinski definition) is 5. The van der Waals surface area contributed by atoms with Gasteiger partial charge in [0, 0.05) is 56.1 Å². The van der Waals surface area contributed by atoms with Crippen molar-refractivity contribution in [2.75, 3.05) is 24.5 Å². The van der Waals surface area contributed by atoms with E-state index >= 15 is 0 Å². The van der Waals surface area contributed by atoms with Gasteiger partial charge in [-0.2, -0.15) is 4.98 Å². The lowest BCUT2D eigenvalue weighted by Crippen LogP contribution is -2.58. The van der Waals surface area contributed by atoms with Crippen LogP contribution in [-0.2, 0) is 19.5 Å². The van der Waals surface area contributed by atoms with Crippen LogP contribution in [0.4, 0.5) is 10.6 Å². The van der Waals surface area contributed by atoms with E-state index < -0.39 is 6.09 Å². The van der Waals surface area contributed by atoms with Gasteiger partial charge in [0.25, 0.3) is 0 Å². The van der Waals surface area contributed by atoms with Crippen LogP contribution in [0.25, 0.3) is 5.69 Å². The van der Waals surface area contributed by atoms with Crippen LogP contribution in [-0.4, -0.2) is 62.3 Å². The number of benzene rings is 2. The molecule has 1 amide bonds. The van der Waals surface area contributed by atoms with Gasteiger partial charge >= 0.3 is 11.8 Å². The Hall–Kier alpha value is -3.65. The number of para-hydroxylation sites is 1. The van der Waals surface area contributed by atoms with Crippen molar-refractivity contribution >= 4 is 11.9 Å². The van der Waals surface area contributed by atoms with Crippen LogP contribution in [0.15, 0.2) is 59.4 Å². The van der Waals surface area contributed by atoms with Gasteiger partial charge in [-0.25, -0.2) is 9.59 Å². The third-order valence-corrected chi connectivity index (χ3v) is 7.88. The molecule has 0 bridgehead atoms. The Bertz CT molecular complexity index is 1370. The number of rotatable bonds is 5. The second-order valence-electron chi connectivity index (χ2n) is 10.9. The number of anilines is 1. The zero-order chi connectivity index (χ0) is 27.0. The lowest BCUT2D eigenvalue weighted by Gasteiger charge is -2.44. The summed E-state index contributed by atoms with van der Waals surface area (Å²) in [6.07, 6.45) is -0.134. The SMILES string of the molecule is CC(C)c1ccccc1-n1c2c(c(N3CC(C)N(C(=O)O)CC3C)nc1=O)CCN(Cc1ccccc1)C2. The minimum Gasteiger partial charge on any atom is -0.465 e. The smallest absolute Gasteiger partial charge is 0.407 e. The number of aromatic nitrogens is 2. The first-order valence-corrected chi connectivity index (χ1v) is 13.5. The maximum Gasteiger partial charge on any atom is 0.407 e. The molecule has 200 valence electrons. The fourth-order valence-corrected chi connectivity index (χ4v) is 5.90. The summed E-state index contributed by atoms with van der Waals surface area (Å²) in [6.45, 7) is 11.4. The van der Waals surface area contributed by atoms with E-state index in [-0.39, 0.29) is 23.7 Å². The van der Waals surface area contributed by atoms with Gasteiger partial charge in [0.15, 0.2) is 0 Å². The minimum absolute atomic E-state index is 0.0838. The monoisotopic (exact) mass is 515 g/mol. The Kier molecular flexibility index (Phi) is 7.25. The van der Waals surface area contributed by atoms with Crippen molar-refractivity contribution in [3.63, 3.8) is 0 Å². The Labute approximate surface area is 224 Å². The van der Waals surface area contributed by atoms with Crippen molar-refractivity contribution in [1.29, 1.82) is 0 Å². The molecule has 0 saturated carbocycles. The van der Waals surface area contributed by atoms with Gasteiger partial charge in [-0.3, -0.25) is 9.47 Å². The molecule has 2 aliphatic rings. The molecule has 0 radical (unpaired) electrons. The number of amides is 1. The standard InChI is InChI=1S/C30H37N5O3/c1-20(2)24-12-8-9-13-26(24)35-27-19-32(18-23-10-6-5-7-11-23)15-14-25(27)28(31-29(35)36)33-16-22(4)34(30(37)38)17-21(33)3/h5-13,20-22H,14-19H2,1-4H3,(H,37,38). The molecule has 3 aromatic rings. The van der Waals surface area contributed by atoms with Crippen molar-refractivity contribution in [3.05, 3.63) is 87.5 Å². The van der Waals surface area contributed by atoms with Gasteiger partial charge < -0.3 is 14.9 Å². The number of carboxylic acid groups (broad SMARTS) is 1. The molecular weight excluding hydrogens is 478 g/mol. The van der Waals surface area contributed by atoms with Gasteiger partial charge in [-0.05, 0) is 43.4 Å². The summed E-state index contributed by atoms with van der Waals surface area (Å²) < 4.78 is 1.83. The average Bonchev–Trinajstić information content (AvgIpc) is 2.89. The van der Waals surface area contributed by atoms with Gasteiger partial charge in [0.1, 0.15) is 5.82 Å². The molecule has 2 aromatic carbocycles. The van der Waals surface area contributed by atoms with E-state index in [4.69, 9.17) is 4.98 Å². The summed E-state index contributed by atoms with van der Waals surface area (Å²) in [5.74, 6) is 0.967. The first-order chi connectivity index (χ1) is 18.2. The van der Waals surface area contributed by atoms with E-state index in [1.54, 1.807) is 0 Å². The molecule has 8 heteroatoms. The number of nitrogens with zero attached hydrogens (tertiary/aromatic N) is 5. The fraction of sp³-hybridized carbons (Fsp3) is 0.433. The predicted octanol–water partition coefficient (Wildman–Crippen LogP) is 4.49. The fourth-order valence-electron chi connectivity index (χ4n) is 5.90. The third kappa shape index (κ3) is 4.92. The average molecular weight is 516 g/mol. The Morgan fingerprint density at radius 1 is 1.03 bits per heavy atom. The van der Waals surface area contributed by atoms with E-state index in [1.807, 2.05) is 42.7 Å². The van der Waals surface area contributed by atoms with Crippen LogP contribution in [0.2, 0.25) is 0 Å². The van der Waals surface area contributed by atoms with Crippen molar-refractivity contribution in [2.24, 2.45) is 0 Å². The van der Waals surface area contributed by atoms with Crippen LogP contribution >= 0.6 is 0 Å². The maximum atomic E-state index is 13.9. The van der Waals surface area contributed by atoms with Crippen molar-refractivity contribution in [1.82, 2.24) is 19.4 Å². The molecular formula is C30H37N5O3. The van der Waals surface area contributed by atoms with Crippen LogP contribution in [0.1, 0.15) is 56.0 Å². The molecule has 1 N–H and O–H groups in total. The molecule has 2 atom stereocenters. The Morgan fingerprint density at radius 3 is 2.45 bits per heavy atom. The number of hydrogen-bond donors (Lipinski definition) is 1. The number of piperazine rings is 1.